The van der Waals surface area contributed by atoms with E-state index < -0.39 is 32.4 Å². The van der Waals surface area contributed by atoms with Crippen LogP contribution in [0.5, 0.6) is 0 Å². The van der Waals surface area contributed by atoms with Gasteiger partial charge in [0.15, 0.2) is 23.2 Å². The van der Waals surface area contributed by atoms with Crippen LogP contribution < -0.4 is 21.4 Å². The van der Waals surface area contributed by atoms with E-state index in [0.717, 1.165) is 29.3 Å². The van der Waals surface area contributed by atoms with E-state index in [1.807, 2.05) is 36.4 Å². The second kappa shape index (κ2) is 10.6. The van der Waals surface area contributed by atoms with Gasteiger partial charge >= 0.3 is 0 Å². The molecule has 220 valence electrons. The van der Waals surface area contributed by atoms with Gasteiger partial charge in [-0.2, -0.15) is 9.97 Å². The molecule has 1 aliphatic heterocycles. The average Bonchev–Trinajstić information content (AvgIpc) is 3.64. The molecule has 9 nitrogen and oxygen atoms in total. The molecule has 11 heteroatoms. The van der Waals surface area contributed by atoms with E-state index >= 15 is 4.39 Å². The third kappa shape index (κ3) is 4.70. The van der Waals surface area contributed by atoms with Crippen LogP contribution in [0, 0.1) is 0 Å². The van der Waals surface area contributed by atoms with E-state index in [-0.39, 0.29) is 17.6 Å². The molecule has 0 amide bonds. The van der Waals surface area contributed by atoms with Gasteiger partial charge in [-0.25, -0.2) is 9.37 Å². The highest BCUT2D eigenvalue weighted by Crippen LogP contribution is 2.45. The minimum atomic E-state index is -2.96. The summed E-state index contributed by atoms with van der Waals surface area (Å²) in [4.78, 5) is 13.1. The fourth-order valence-electron chi connectivity index (χ4n) is 6.00. The number of imidazole rings is 1. The Morgan fingerprint density at radius 1 is 1.14 bits per heavy atom. The average molecular weight is 589 g/mol. The number of nitrogens with one attached hydrogen (secondary N) is 1. The van der Waals surface area contributed by atoms with Crippen LogP contribution in [0.3, 0.4) is 0 Å². The minimum absolute atomic E-state index is 0.0283. The van der Waals surface area contributed by atoms with Gasteiger partial charge in [0, 0.05) is 6.04 Å². The molecule has 4 atom stereocenters. The summed E-state index contributed by atoms with van der Waals surface area (Å²) in [6.45, 7) is 10.2. The van der Waals surface area contributed by atoms with E-state index in [2.05, 4.69) is 71.9 Å². The summed E-state index contributed by atoms with van der Waals surface area (Å²) in [6, 6.07) is 20.6. The molecule has 0 radical (unpaired) electrons. The molecule has 4 N–H and O–H groups in total. The Hall–Kier alpha value is -3.64. The van der Waals surface area contributed by atoms with Gasteiger partial charge in [0.05, 0.1) is 12.9 Å². The molecule has 1 saturated carbocycles. The first kappa shape index (κ1) is 28.5. The maximum absolute atomic E-state index is 16.7. The minimum Gasteiger partial charge on any atom is -0.405 e. The third-order valence-corrected chi connectivity index (χ3v) is 13.3. The fourth-order valence-corrected chi connectivity index (χ4v) is 10.6. The van der Waals surface area contributed by atoms with Crippen molar-refractivity contribution in [3.63, 3.8) is 0 Å². The van der Waals surface area contributed by atoms with Crippen LogP contribution in [0.25, 0.3) is 11.2 Å². The highest BCUT2D eigenvalue weighted by atomic mass is 28.4. The second-order valence-corrected chi connectivity index (χ2v) is 16.5. The van der Waals surface area contributed by atoms with E-state index in [9.17, 15) is 5.11 Å². The Bertz CT molecular complexity index is 1540. The van der Waals surface area contributed by atoms with E-state index in [1.165, 1.54) is 10.9 Å². The highest BCUT2D eigenvalue weighted by molar-refractivity contribution is 6.99. The summed E-state index contributed by atoms with van der Waals surface area (Å²) < 4.78 is 31.4. The van der Waals surface area contributed by atoms with Gasteiger partial charge in [-0.05, 0) is 34.3 Å². The number of ether oxygens (including phenoxy) is 1. The number of anilines is 2. The van der Waals surface area contributed by atoms with Crippen molar-refractivity contribution >= 4 is 41.6 Å². The van der Waals surface area contributed by atoms with Crippen molar-refractivity contribution in [2.75, 3.05) is 17.7 Å². The second-order valence-electron chi connectivity index (χ2n) is 12.2. The Morgan fingerprint density at radius 2 is 1.76 bits per heavy atom. The van der Waals surface area contributed by atoms with Crippen molar-refractivity contribution in [2.45, 2.75) is 68.8 Å². The summed E-state index contributed by atoms with van der Waals surface area (Å²) in [5.41, 5.74) is 4.43. The molecule has 0 unspecified atom stereocenters. The van der Waals surface area contributed by atoms with Crippen LogP contribution in [0.15, 0.2) is 79.6 Å². The Kier molecular flexibility index (Phi) is 7.16. The van der Waals surface area contributed by atoms with Gasteiger partial charge in [-0.3, -0.25) is 4.57 Å². The summed E-state index contributed by atoms with van der Waals surface area (Å²) in [5, 5.41) is 16.5. The normalized spacial score (nSPS) is 24.6. The van der Waals surface area contributed by atoms with Crippen LogP contribution in [0.1, 0.15) is 39.8 Å². The molecule has 2 aromatic carbocycles. The number of halogens is 1. The van der Waals surface area contributed by atoms with Crippen molar-refractivity contribution in [2.24, 2.45) is 0 Å². The number of aromatic nitrogens is 4. The predicted octanol–water partition coefficient (Wildman–Crippen LogP) is 3.71. The number of hydrogen-bond donors (Lipinski definition) is 3. The molecular weight excluding hydrogens is 551 g/mol. The summed E-state index contributed by atoms with van der Waals surface area (Å²) >= 11 is 0. The van der Waals surface area contributed by atoms with Crippen LogP contribution in [-0.2, 0) is 9.16 Å². The first-order valence-electron chi connectivity index (χ1n) is 14.3. The summed E-state index contributed by atoms with van der Waals surface area (Å²) in [7, 11) is -2.96. The largest absolute Gasteiger partial charge is 0.405 e. The lowest BCUT2D eigenvalue weighted by Crippen LogP contribution is -2.67. The van der Waals surface area contributed by atoms with Crippen molar-refractivity contribution < 1.29 is 18.7 Å². The molecular formula is C31H37FN6O3Si. The van der Waals surface area contributed by atoms with Crippen molar-refractivity contribution in [1.82, 2.24) is 19.5 Å². The number of fused-ring (bicyclic) bond motifs is 1. The number of rotatable bonds is 9. The van der Waals surface area contributed by atoms with Gasteiger partial charge in [-0.15, -0.1) is 0 Å². The van der Waals surface area contributed by atoms with Crippen LogP contribution in [-0.4, -0.2) is 63.5 Å². The monoisotopic (exact) mass is 588 g/mol. The molecule has 1 aliphatic carbocycles. The molecule has 42 heavy (non-hydrogen) atoms. The van der Waals surface area contributed by atoms with Crippen LogP contribution in [0.4, 0.5) is 16.2 Å². The summed E-state index contributed by atoms with van der Waals surface area (Å²) in [5.74, 6) is 0.521. The van der Waals surface area contributed by atoms with Gasteiger partial charge in [0.25, 0.3) is 8.32 Å². The maximum Gasteiger partial charge on any atom is 0.261 e. The van der Waals surface area contributed by atoms with Crippen LogP contribution in [0.2, 0.25) is 5.04 Å². The lowest BCUT2D eigenvalue weighted by Gasteiger charge is -2.43. The van der Waals surface area contributed by atoms with Gasteiger partial charge < -0.3 is 25.3 Å². The molecule has 0 bridgehead atoms. The zero-order valence-corrected chi connectivity index (χ0v) is 25.1. The molecule has 4 aromatic rings. The topological polar surface area (TPSA) is 120 Å². The molecule has 2 fully saturated rings. The SMILES string of the molecule is C=C[C@@]1(F)[C@H](O)[C@@H](CO[Si](c2ccccc2)(c2ccccc2)C(C)(C)C)O[C@H]1n1cnc2c(NC3CC3)nc(N)nc21. The van der Waals surface area contributed by atoms with Crippen LogP contribution >= 0.6 is 0 Å². The standard InChI is InChI=1S/C31H37FN6O3Si/c1-5-31(32)25(39)23(41-28(31)38-19-34-24-26(35-20-16-17-20)36-29(33)37-27(24)38)18-40-42(30(2,3)4,21-12-8-6-9-13-21)22-14-10-7-11-15-22/h5-15,19-20,23,25,28,39H,1,16-18H2,2-4H3,(H3,33,35,36,37)/t23-,25-,28-,31-/m1/s1. The number of aliphatic hydroxyl groups excluding tert-OH is 1. The Balaban J connectivity index is 1.36. The van der Waals surface area contributed by atoms with Crippen molar-refractivity contribution in [1.29, 1.82) is 0 Å². The number of hydrogen-bond acceptors (Lipinski definition) is 8. The van der Waals surface area contributed by atoms with E-state index in [0.29, 0.717) is 23.0 Å². The van der Waals surface area contributed by atoms with Gasteiger partial charge in [0.2, 0.25) is 11.6 Å². The molecule has 6 rings (SSSR count). The molecule has 2 aliphatic rings. The smallest absolute Gasteiger partial charge is 0.261 e. The first-order chi connectivity index (χ1) is 20.1. The Labute approximate surface area is 245 Å². The Morgan fingerprint density at radius 3 is 2.31 bits per heavy atom. The highest BCUT2D eigenvalue weighted by Gasteiger charge is 2.58. The number of nitrogen functional groups attached to an aromatic ring is 1. The third-order valence-electron chi connectivity index (χ3n) is 8.29. The van der Waals surface area contributed by atoms with Crippen molar-refractivity contribution in [3.05, 3.63) is 79.6 Å². The lowest BCUT2D eigenvalue weighted by atomic mass is 9.96. The van der Waals surface area contributed by atoms with Gasteiger partial charge in [0.1, 0.15) is 12.2 Å². The van der Waals surface area contributed by atoms with E-state index in [1.54, 1.807) is 0 Å². The van der Waals surface area contributed by atoms with Gasteiger partial charge in [-0.1, -0.05) is 88.0 Å². The maximum atomic E-state index is 16.7. The number of benzene rings is 2. The quantitative estimate of drug-likeness (QED) is 0.200. The number of aliphatic hydroxyl groups is 1. The molecule has 1 saturated heterocycles. The van der Waals surface area contributed by atoms with Crippen molar-refractivity contribution in [3.8, 4) is 0 Å². The fraction of sp³-hybridized carbons (Fsp3) is 0.387. The predicted molar refractivity (Wildman–Crippen MR) is 164 cm³/mol. The number of alkyl halides is 1. The first-order valence-corrected chi connectivity index (χ1v) is 16.2. The number of nitrogens with zero attached hydrogens (tertiary/aromatic N) is 4. The zero-order valence-electron chi connectivity index (χ0n) is 24.1. The zero-order chi connectivity index (χ0) is 29.7. The summed E-state index contributed by atoms with van der Waals surface area (Å²) in [6.07, 6.45) is 0.731. The number of nitrogens with two attached hydrogens (primary N) is 1. The lowest BCUT2D eigenvalue weighted by molar-refractivity contribution is -0.0490. The molecule has 0 spiro atoms. The molecule has 2 aromatic heterocycles. The van der Waals surface area contributed by atoms with E-state index in [4.69, 9.17) is 14.9 Å². The molecule has 3 heterocycles.